The van der Waals surface area contributed by atoms with E-state index in [1.165, 1.54) is 0 Å². The van der Waals surface area contributed by atoms with E-state index in [1.807, 2.05) is 0 Å². The first-order valence-corrected chi connectivity index (χ1v) is 4.29. The van der Waals surface area contributed by atoms with Crippen molar-refractivity contribution in [1.82, 2.24) is 19.9 Å². The number of ketones is 1. The van der Waals surface area contributed by atoms with E-state index in [4.69, 9.17) is 0 Å². The van der Waals surface area contributed by atoms with Crippen LogP contribution in [-0.4, -0.2) is 34.0 Å². The second kappa shape index (κ2) is 3.55. The minimum atomic E-state index is -0.0296. The number of nitrogens with one attached hydrogen (secondary N) is 1. The molecule has 5 heteroatoms. The molecule has 2 aromatic rings. The first-order valence-electron chi connectivity index (χ1n) is 4.29. The third kappa shape index (κ3) is 1.49. The molecule has 0 aliphatic carbocycles. The predicted octanol–water partition coefficient (Wildman–Crippen LogP) is 0.131. The Morgan fingerprint density at radius 2 is 2.50 bits per heavy atom. The average Bonchev–Trinajstić information content (AvgIpc) is 2.61. The Labute approximate surface area is 80.8 Å². The van der Waals surface area contributed by atoms with Gasteiger partial charge in [-0.3, -0.25) is 4.79 Å². The summed E-state index contributed by atoms with van der Waals surface area (Å²) >= 11 is 0. The average molecular weight is 190 g/mol. The minimum absolute atomic E-state index is 0.0296. The molecule has 0 bridgehead atoms. The van der Waals surface area contributed by atoms with Gasteiger partial charge < -0.3 is 5.32 Å². The van der Waals surface area contributed by atoms with Crippen LogP contribution in [0, 0.1) is 0 Å². The number of carbonyl (C=O) groups excluding carboxylic acids is 1. The Kier molecular flexibility index (Phi) is 2.24. The molecule has 1 N–H and O–H groups in total. The van der Waals surface area contributed by atoms with Crippen molar-refractivity contribution < 1.29 is 4.79 Å². The van der Waals surface area contributed by atoms with Gasteiger partial charge in [-0.2, -0.15) is 5.10 Å². The summed E-state index contributed by atoms with van der Waals surface area (Å²) < 4.78 is 1.59. The topological polar surface area (TPSA) is 59.3 Å². The van der Waals surface area contributed by atoms with Crippen molar-refractivity contribution in [3.8, 4) is 0 Å². The number of carbonyl (C=O) groups is 1. The van der Waals surface area contributed by atoms with Gasteiger partial charge in [-0.25, -0.2) is 9.50 Å². The van der Waals surface area contributed by atoms with Crippen molar-refractivity contribution in [1.29, 1.82) is 0 Å². The second-order valence-electron chi connectivity index (χ2n) is 2.91. The number of hydrogen-bond acceptors (Lipinski definition) is 4. The van der Waals surface area contributed by atoms with Gasteiger partial charge in [0, 0.05) is 18.5 Å². The fraction of sp³-hybridized carbons (Fsp3) is 0.222. The van der Waals surface area contributed by atoms with E-state index in [2.05, 4.69) is 15.4 Å². The smallest absolute Gasteiger partial charge is 0.196 e. The number of Topliss-reactive ketones (excluding diaryl/α,β-unsaturated/α-hetero) is 1. The SMILES string of the molecule is CNCC(=O)c1cc2ncccn2n1. The first-order chi connectivity index (χ1) is 6.81. The summed E-state index contributed by atoms with van der Waals surface area (Å²) in [6.45, 7) is 0.296. The first kappa shape index (κ1) is 8.83. The lowest BCUT2D eigenvalue weighted by Gasteiger charge is -1.92. The lowest BCUT2D eigenvalue weighted by Crippen LogP contribution is -2.18. The maximum Gasteiger partial charge on any atom is 0.196 e. The molecular weight excluding hydrogens is 180 g/mol. The van der Waals surface area contributed by atoms with E-state index < -0.39 is 0 Å². The van der Waals surface area contributed by atoms with E-state index in [0.29, 0.717) is 17.9 Å². The molecule has 0 atom stereocenters. The molecule has 0 amide bonds. The molecule has 5 nitrogen and oxygen atoms in total. The lowest BCUT2D eigenvalue weighted by atomic mass is 10.3. The van der Waals surface area contributed by atoms with Gasteiger partial charge in [-0.1, -0.05) is 0 Å². The van der Waals surface area contributed by atoms with Crippen molar-refractivity contribution in [3.63, 3.8) is 0 Å². The number of hydrogen-bond donors (Lipinski definition) is 1. The molecular formula is C9H10N4O. The predicted molar refractivity (Wildman–Crippen MR) is 51.2 cm³/mol. The Morgan fingerprint density at radius 1 is 1.64 bits per heavy atom. The van der Waals surface area contributed by atoms with Crippen molar-refractivity contribution in [2.75, 3.05) is 13.6 Å². The van der Waals surface area contributed by atoms with E-state index in [9.17, 15) is 4.79 Å². The van der Waals surface area contributed by atoms with Crippen LogP contribution < -0.4 is 5.32 Å². The highest BCUT2D eigenvalue weighted by atomic mass is 16.1. The fourth-order valence-corrected chi connectivity index (χ4v) is 1.22. The third-order valence-electron chi connectivity index (χ3n) is 1.86. The van der Waals surface area contributed by atoms with E-state index in [0.717, 1.165) is 0 Å². The van der Waals surface area contributed by atoms with Gasteiger partial charge in [-0.05, 0) is 13.1 Å². The maximum atomic E-state index is 11.4. The summed E-state index contributed by atoms with van der Waals surface area (Å²) in [7, 11) is 1.73. The van der Waals surface area contributed by atoms with Crippen LogP contribution in [0.15, 0.2) is 24.5 Å². The zero-order chi connectivity index (χ0) is 9.97. The van der Waals surface area contributed by atoms with Crippen molar-refractivity contribution >= 4 is 11.4 Å². The maximum absolute atomic E-state index is 11.4. The van der Waals surface area contributed by atoms with Crippen LogP contribution in [0.2, 0.25) is 0 Å². The van der Waals surface area contributed by atoms with Crippen LogP contribution in [-0.2, 0) is 0 Å². The number of nitrogens with zero attached hydrogens (tertiary/aromatic N) is 3. The molecule has 72 valence electrons. The van der Waals surface area contributed by atoms with Gasteiger partial charge in [0.2, 0.25) is 0 Å². The van der Waals surface area contributed by atoms with Crippen LogP contribution in [0.4, 0.5) is 0 Å². The molecule has 0 aromatic carbocycles. The highest BCUT2D eigenvalue weighted by molar-refractivity contribution is 5.96. The highest BCUT2D eigenvalue weighted by Crippen LogP contribution is 2.02. The Hall–Kier alpha value is -1.75. The molecule has 0 aliphatic heterocycles. The van der Waals surface area contributed by atoms with Gasteiger partial charge in [0.15, 0.2) is 11.4 Å². The number of likely N-dealkylation sites (N-methyl/N-ethyl adjacent to an activating group) is 1. The van der Waals surface area contributed by atoms with Crippen LogP contribution in [0.3, 0.4) is 0 Å². The van der Waals surface area contributed by atoms with Crippen molar-refractivity contribution in [2.24, 2.45) is 0 Å². The van der Waals surface area contributed by atoms with Crippen molar-refractivity contribution in [3.05, 3.63) is 30.2 Å². The third-order valence-corrected chi connectivity index (χ3v) is 1.86. The van der Waals surface area contributed by atoms with Crippen molar-refractivity contribution in [2.45, 2.75) is 0 Å². The van der Waals surface area contributed by atoms with E-state index >= 15 is 0 Å². The summed E-state index contributed by atoms with van der Waals surface area (Å²) in [5.74, 6) is -0.0296. The number of fused-ring (bicyclic) bond motifs is 1. The molecule has 2 rings (SSSR count). The molecule has 0 saturated heterocycles. The molecule has 0 saturated carbocycles. The fourth-order valence-electron chi connectivity index (χ4n) is 1.22. The summed E-state index contributed by atoms with van der Waals surface area (Å²) in [6, 6.07) is 3.45. The molecule has 2 aromatic heterocycles. The van der Waals surface area contributed by atoms with E-state index in [1.54, 1.807) is 36.1 Å². The van der Waals surface area contributed by atoms with Gasteiger partial charge in [0.1, 0.15) is 5.69 Å². The number of rotatable bonds is 3. The lowest BCUT2D eigenvalue weighted by molar-refractivity contribution is 0.0988. The molecule has 0 spiro atoms. The number of aromatic nitrogens is 3. The van der Waals surface area contributed by atoms with Crippen LogP contribution in [0.25, 0.3) is 5.65 Å². The van der Waals surface area contributed by atoms with Gasteiger partial charge >= 0.3 is 0 Å². The Morgan fingerprint density at radius 3 is 3.21 bits per heavy atom. The van der Waals surface area contributed by atoms with Crippen LogP contribution in [0.5, 0.6) is 0 Å². The normalized spacial score (nSPS) is 10.6. The quantitative estimate of drug-likeness (QED) is 0.699. The molecule has 0 radical (unpaired) electrons. The summed E-state index contributed by atoms with van der Waals surface area (Å²) in [4.78, 5) is 15.5. The van der Waals surface area contributed by atoms with Crippen LogP contribution in [0.1, 0.15) is 10.5 Å². The monoisotopic (exact) mass is 190 g/mol. The Balaban J connectivity index is 2.40. The zero-order valence-corrected chi connectivity index (χ0v) is 7.77. The summed E-state index contributed by atoms with van der Waals surface area (Å²) in [5.41, 5.74) is 1.13. The summed E-state index contributed by atoms with van der Waals surface area (Å²) in [5, 5.41) is 6.89. The largest absolute Gasteiger partial charge is 0.313 e. The Bertz CT molecular complexity index is 430. The van der Waals surface area contributed by atoms with Crippen LogP contribution >= 0.6 is 0 Å². The molecule has 2 heterocycles. The van der Waals surface area contributed by atoms with Gasteiger partial charge in [0.05, 0.1) is 6.54 Å². The molecule has 0 unspecified atom stereocenters. The molecule has 0 aliphatic rings. The standard InChI is InChI=1S/C9H10N4O/c1-10-6-8(14)7-5-9-11-3-2-4-13(9)12-7/h2-5,10H,6H2,1H3. The second-order valence-corrected chi connectivity index (χ2v) is 2.91. The van der Waals surface area contributed by atoms with Gasteiger partial charge in [0.25, 0.3) is 0 Å². The minimum Gasteiger partial charge on any atom is -0.313 e. The molecule has 14 heavy (non-hydrogen) atoms. The highest BCUT2D eigenvalue weighted by Gasteiger charge is 2.09. The zero-order valence-electron chi connectivity index (χ0n) is 7.77. The van der Waals surface area contributed by atoms with Gasteiger partial charge in [-0.15, -0.1) is 0 Å². The van der Waals surface area contributed by atoms with E-state index in [-0.39, 0.29) is 5.78 Å². The molecule has 0 fully saturated rings. The summed E-state index contributed by atoms with van der Waals surface area (Å²) in [6.07, 6.45) is 3.43.